The first-order chi connectivity index (χ1) is 7.24. The number of likely N-dealkylation sites (tertiary alicyclic amines) is 1. The fourth-order valence-corrected chi connectivity index (χ4v) is 2.98. The van der Waals surface area contributed by atoms with Crippen molar-refractivity contribution >= 4 is 28.6 Å². The van der Waals surface area contributed by atoms with E-state index in [4.69, 9.17) is 11.6 Å². The number of hydrogen-bond acceptors (Lipinski definition) is 2. The van der Waals surface area contributed by atoms with E-state index in [9.17, 15) is 4.79 Å². The fourth-order valence-electron chi connectivity index (χ4n) is 1.65. The molecule has 2 nitrogen and oxygen atoms in total. The van der Waals surface area contributed by atoms with Crippen molar-refractivity contribution in [1.29, 1.82) is 0 Å². The number of rotatable bonds is 4. The molecule has 0 spiro atoms. The van der Waals surface area contributed by atoms with E-state index in [2.05, 4.69) is 6.92 Å². The van der Waals surface area contributed by atoms with Gasteiger partial charge < -0.3 is 4.90 Å². The average molecular weight is 250 g/mol. The van der Waals surface area contributed by atoms with Crippen molar-refractivity contribution < 1.29 is 4.79 Å². The predicted molar refractivity (Wildman–Crippen MR) is 67.8 cm³/mol. The van der Waals surface area contributed by atoms with Gasteiger partial charge in [0, 0.05) is 24.7 Å². The number of thioether (sulfide) groups is 1. The van der Waals surface area contributed by atoms with Crippen molar-refractivity contribution in [2.75, 3.05) is 24.7 Å². The van der Waals surface area contributed by atoms with Gasteiger partial charge in [0.05, 0.1) is 0 Å². The minimum absolute atomic E-state index is 0.260. The summed E-state index contributed by atoms with van der Waals surface area (Å²) in [6.07, 6.45) is 4.62. The zero-order valence-electron chi connectivity index (χ0n) is 9.38. The number of carbonyl (C=O) groups is 1. The molecule has 0 aromatic carbocycles. The van der Waals surface area contributed by atoms with Gasteiger partial charge in [-0.3, -0.25) is 4.79 Å². The lowest BCUT2D eigenvalue weighted by Gasteiger charge is -2.26. The number of hydrogen-bond donors (Lipinski definition) is 0. The van der Waals surface area contributed by atoms with E-state index in [-0.39, 0.29) is 5.24 Å². The van der Waals surface area contributed by atoms with Crippen LogP contribution in [-0.2, 0) is 0 Å². The number of piperidine rings is 1. The van der Waals surface area contributed by atoms with Crippen LogP contribution in [0.3, 0.4) is 0 Å². The van der Waals surface area contributed by atoms with Crippen LogP contribution in [0.4, 0.5) is 4.79 Å². The summed E-state index contributed by atoms with van der Waals surface area (Å²) in [5.74, 6) is 2.14. The lowest BCUT2D eigenvalue weighted by molar-refractivity contribution is 0.211. The highest BCUT2D eigenvalue weighted by Gasteiger charge is 2.17. The Morgan fingerprint density at radius 1 is 1.40 bits per heavy atom. The Hall–Kier alpha value is 0.110. The van der Waals surface area contributed by atoms with Gasteiger partial charge in [-0.2, -0.15) is 0 Å². The summed E-state index contributed by atoms with van der Waals surface area (Å²) >= 11 is 7.12. The molecule has 0 saturated carbocycles. The lowest BCUT2D eigenvalue weighted by Crippen LogP contribution is -2.33. The minimum Gasteiger partial charge on any atom is -0.334 e. The second kappa shape index (κ2) is 7.39. The van der Waals surface area contributed by atoms with Crippen LogP contribution in [-0.4, -0.2) is 34.9 Å². The van der Waals surface area contributed by atoms with E-state index in [0.717, 1.165) is 25.3 Å². The van der Waals surface area contributed by atoms with Gasteiger partial charge in [-0.1, -0.05) is 18.7 Å². The Morgan fingerprint density at radius 3 is 2.67 bits per heavy atom. The summed E-state index contributed by atoms with van der Waals surface area (Å²) in [5, 5.41) is 0.260. The summed E-state index contributed by atoms with van der Waals surface area (Å²) in [6.45, 7) is 4.06. The van der Waals surface area contributed by atoms with Crippen LogP contribution in [0.2, 0.25) is 0 Å². The van der Waals surface area contributed by atoms with Gasteiger partial charge in [-0.05, 0) is 31.6 Å². The monoisotopic (exact) mass is 249 g/mol. The molecule has 1 amide bonds. The van der Waals surface area contributed by atoms with Gasteiger partial charge in [0.2, 0.25) is 0 Å². The van der Waals surface area contributed by atoms with E-state index in [1.165, 1.54) is 31.0 Å². The third-order valence-corrected chi connectivity index (χ3v) is 4.17. The molecular formula is C11H20ClNOS. The van der Waals surface area contributed by atoms with Gasteiger partial charge in [0.15, 0.2) is 0 Å². The SMILES string of the molecule is CC(CCCl)CSC(=O)N1CCCCC1. The van der Waals surface area contributed by atoms with E-state index < -0.39 is 0 Å². The largest absolute Gasteiger partial charge is 0.334 e. The molecule has 4 heteroatoms. The van der Waals surface area contributed by atoms with E-state index in [0.29, 0.717) is 11.8 Å². The number of nitrogens with zero attached hydrogens (tertiary/aromatic N) is 1. The zero-order chi connectivity index (χ0) is 11.1. The zero-order valence-corrected chi connectivity index (χ0v) is 10.9. The normalized spacial score (nSPS) is 18.9. The maximum Gasteiger partial charge on any atom is 0.281 e. The highest BCUT2D eigenvalue weighted by Crippen LogP contribution is 2.19. The summed E-state index contributed by atoms with van der Waals surface area (Å²) < 4.78 is 0. The minimum atomic E-state index is 0.260. The molecule has 1 atom stereocenters. The number of carbonyl (C=O) groups excluding carboxylic acids is 1. The molecule has 0 aliphatic carbocycles. The Morgan fingerprint density at radius 2 is 2.07 bits per heavy atom. The van der Waals surface area contributed by atoms with Crippen LogP contribution < -0.4 is 0 Å². The van der Waals surface area contributed by atoms with E-state index in [1.54, 1.807) is 0 Å². The van der Waals surface area contributed by atoms with Crippen molar-refractivity contribution in [3.05, 3.63) is 0 Å². The Bertz CT molecular complexity index is 195. The summed E-state index contributed by atoms with van der Waals surface area (Å²) in [7, 11) is 0. The molecule has 1 heterocycles. The average Bonchev–Trinajstić information content (AvgIpc) is 2.27. The van der Waals surface area contributed by atoms with Crippen molar-refractivity contribution in [3.63, 3.8) is 0 Å². The topological polar surface area (TPSA) is 20.3 Å². The first-order valence-corrected chi connectivity index (χ1v) is 7.23. The maximum absolute atomic E-state index is 11.8. The molecule has 0 N–H and O–H groups in total. The molecule has 88 valence electrons. The van der Waals surface area contributed by atoms with Crippen LogP contribution in [0.1, 0.15) is 32.6 Å². The molecule has 1 rings (SSSR count). The summed E-state index contributed by atoms with van der Waals surface area (Å²) in [4.78, 5) is 13.8. The molecule has 0 aromatic heterocycles. The summed E-state index contributed by atoms with van der Waals surface area (Å²) in [6, 6.07) is 0. The van der Waals surface area contributed by atoms with Gasteiger partial charge in [-0.25, -0.2) is 0 Å². The van der Waals surface area contributed by atoms with Crippen molar-refractivity contribution in [2.24, 2.45) is 5.92 Å². The molecule has 1 saturated heterocycles. The van der Waals surface area contributed by atoms with Gasteiger partial charge in [0.25, 0.3) is 5.24 Å². The first kappa shape index (κ1) is 13.2. The smallest absolute Gasteiger partial charge is 0.281 e. The van der Waals surface area contributed by atoms with Gasteiger partial charge in [-0.15, -0.1) is 11.6 Å². The third-order valence-electron chi connectivity index (χ3n) is 2.71. The molecule has 1 aliphatic rings. The molecule has 1 aliphatic heterocycles. The third kappa shape index (κ3) is 5.12. The molecule has 1 unspecified atom stereocenters. The second-order valence-electron chi connectivity index (χ2n) is 4.21. The van der Waals surface area contributed by atoms with Crippen molar-refractivity contribution in [3.8, 4) is 0 Å². The molecular weight excluding hydrogens is 230 g/mol. The standard InChI is InChI=1S/C11H20ClNOS/c1-10(5-6-12)9-15-11(14)13-7-3-2-4-8-13/h10H,2-9H2,1H3. The number of halogens is 1. The second-order valence-corrected chi connectivity index (χ2v) is 5.56. The van der Waals surface area contributed by atoms with Crippen molar-refractivity contribution in [1.82, 2.24) is 4.90 Å². The van der Waals surface area contributed by atoms with Crippen LogP contribution in [0.25, 0.3) is 0 Å². The highest BCUT2D eigenvalue weighted by molar-refractivity contribution is 8.13. The predicted octanol–water partition coefficient (Wildman–Crippen LogP) is 3.59. The Balaban J connectivity index is 2.16. The van der Waals surface area contributed by atoms with E-state index >= 15 is 0 Å². The number of amides is 1. The lowest BCUT2D eigenvalue weighted by atomic mass is 10.1. The molecule has 0 radical (unpaired) electrons. The summed E-state index contributed by atoms with van der Waals surface area (Å²) in [5.41, 5.74) is 0. The maximum atomic E-state index is 11.8. The molecule has 0 bridgehead atoms. The van der Waals surface area contributed by atoms with Crippen LogP contribution in [0, 0.1) is 5.92 Å². The quantitative estimate of drug-likeness (QED) is 0.710. The Kier molecular flexibility index (Phi) is 6.50. The van der Waals surface area contributed by atoms with Gasteiger partial charge >= 0.3 is 0 Å². The van der Waals surface area contributed by atoms with Gasteiger partial charge in [0.1, 0.15) is 0 Å². The molecule has 0 aromatic rings. The van der Waals surface area contributed by atoms with Crippen LogP contribution in [0.15, 0.2) is 0 Å². The van der Waals surface area contributed by atoms with Crippen LogP contribution >= 0.6 is 23.4 Å². The number of alkyl halides is 1. The van der Waals surface area contributed by atoms with Crippen LogP contribution in [0.5, 0.6) is 0 Å². The highest BCUT2D eigenvalue weighted by atomic mass is 35.5. The molecule has 1 fully saturated rings. The fraction of sp³-hybridized carbons (Fsp3) is 0.909. The van der Waals surface area contributed by atoms with Crippen molar-refractivity contribution in [2.45, 2.75) is 32.6 Å². The first-order valence-electron chi connectivity index (χ1n) is 5.71. The van der Waals surface area contributed by atoms with E-state index in [1.807, 2.05) is 4.90 Å². The Labute approximate surface area is 102 Å². The molecule has 15 heavy (non-hydrogen) atoms.